The molecule has 0 saturated heterocycles. The van der Waals surface area contributed by atoms with Gasteiger partial charge in [-0.15, -0.1) is 0 Å². The molecule has 0 unspecified atom stereocenters. The molecule has 1 aromatic carbocycles. The molecule has 0 atom stereocenters. The summed E-state index contributed by atoms with van der Waals surface area (Å²) in [5, 5.41) is 0. The van der Waals surface area contributed by atoms with Crippen molar-refractivity contribution in [3.05, 3.63) is 29.8 Å². The van der Waals surface area contributed by atoms with E-state index in [-0.39, 0.29) is 17.1 Å². The van der Waals surface area contributed by atoms with Crippen molar-refractivity contribution in [2.24, 2.45) is 0 Å². The first kappa shape index (κ1) is 15.6. The molecule has 0 radical (unpaired) electrons. The van der Waals surface area contributed by atoms with Crippen LogP contribution >= 0.6 is 0 Å². The van der Waals surface area contributed by atoms with Crippen molar-refractivity contribution in [2.75, 3.05) is 7.11 Å². The molecule has 0 aliphatic carbocycles. The minimum atomic E-state index is -2.86. The third kappa shape index (κ3) is 5.34. The highest BCUT2D eigenvalue weighted by molar-refractivity contribution is 5.96. The van der Waals surface area contributed by atoms with Crippen LogP contribution in [0.5, 0.6) is 5.75 Å². The molecule has 0 spiro atoms. The van der Waals surface area contributed by atoms with Gasteiger partial charge in [0.25, 0.3) is 0 Å². The molecule has 3 nitrogen and oxygen atoms in total. The summed E-state index contributed by atoms with van der Waals surface area (Å²) in [4.78, 5) is 11.9. The highest BCUT2D eigenvalue weighted by Crippen LogP contribution is 2.19. The van der Waals surface area contributed by atoms with E-state index in [0.717, 1.165) is 0 Å². The maximum atomic E-state index is 12.0. The number of benzene rings is 1. The fourth-order valence-corrected chi connectivity index (χ4v) is 1.48. The van der Waals surface area contributed by atoms with E-state index >= 15 is 0 Å². The first-order valence-electron chi connectivity index (χ1n) is 5.97. The minimum absolute atomic E-state index is 0.0452. The van der Waals surface area contributed by atoms with E-state index in [2.05, 4.69) is 4.74 Å². The molecule has 0 fully saturated rings. The number of alkyl halides is 2. The number of rotatable bonds is 7. The average molecular weight is 272 g/mol. The van der Waals surface area contributed by atoms with Crippen molar-refractivity contribution in [3.8, 4) is 5.75 Å². The zero-order chi connectivity index (χ0) is 14.5. The lowest BCUT2D eigenvalue weighted by atomic mass is 9.98. The van der Waals surface area contributed by atoms with E-state index in [4.69, 9.17) is 4.74 Å². The third-order valence-electron chi connectivity index (χ3n) is 2.91. The fraction of sp³-hybridized carbons (Fsp3) is 0.500. The van der Waals surface area contributed by atoms with Gasteiger partial charge in [0.1, 0.15) is 5.75 Å². The third-order valence-corrected chi connectivity index (χ3v) is 2.91. The first-order chi connectivity index (χ1) is 8.84. The SMILES string of the molecule is COC(C)(C)CCC(=O)c1ccc(OC(F)F)cc1. The Kier molecular flexibility index (Phi) is 5.42. The van der Waals surface area contributed by atoms with Crippen molar-refractivity contribution in [2.45, 2.75) is 38.9 Å². The largest absolute Gasteiger partial charge is 0.435 e. The summed E-state index contributed by atoms with van der Waals surface area (Å²) in [6.45, 7) is 0.948. The van der Waals surface area contributed by atoms with Gasteiger partial charge in [-0.3, -0.25) is 4.79 Å². The van der Waals surface area contributed by atoms with E-state index in [1.165, 1.54) is 24.3 Å². The second-order valence-corrected chi connectivity index (χ2v) is 4.79. The molecule has 1 aromatic rings. The van der Waals surface area contributed by atoms with Crippen LogP contribution in [0.1, 0.15) is 37.0 Å². The number of carbonyl (C=O) groups excluding carboxylic acids is 1. The molecule has 5 heteroatoms. The molecule has 0 aromatic heterocycles. The van der Waals surface area contributed by atoms with Gasteiger partial charge < -0.3 is 9.47 Å². The van der Waals surface area contributed by atoms with Crippen LogP contribution in [-0.4, -0.2) is 25.1 Å². The number of hydrogen-bond donors (Lipinski definition) is 0. The van der Waals surface area contributed by atoms with Gasteiger partial charge in [-0.05, 0) is 44.5 Å². The molecule has 0 bridgehead atoms. The Morgan fingerprint density at radius 3 is 2.32 bits per heavy atom. The lowest BCUT2D eigenvalue weighted by molar-refractivity contribution is -0.0498. The number of carbonyl (C=O) groups is 1. The van der Waals surface area contributed by atoms with Gasteiger partial charge in [-0.25, -0.2) is 0 Å². The normalized spacial score (nSPS) is 11.7. The van der Waals surface area contributed by atoms with Gasteiger partial charge in [0.2, 0.25) is 0 Å². The van der Waals surface area contributed by atoms with Crippen LogP contribution in [-0.2, 0) is 4.74 Å². The molecule has 0 aliphatic heterocycles. The van der Waals surface area contributed by atoms with E-state index in [9.17, 15) is 13.6 Å². The van der Waals surface area contributed by atoms with Crippen molar-refractivity contribution in [3.63, 3.8) is 0 Å². The molecule has 0 aliphatic rings. The Morgan fingerprint density at radius 2 is 1.84 bits per heavy atom. The molecule has 0 heterocycles. The highest BCUT2D eigenvalue weighted by atomic mass is 19.3. The quantitative estimate of drug-likeness (QED) is 0.710. The number of ether oxygens (including phenoxy) is 2. The molecule has 1 rings (SSSR count). The van der Waals surface area contributed by atoms with Gasteiger partial charge in [0, 0.05) is 19.1 Å². The summed E-state index contributed by atoms with van der Waals surface area (Å²) < 4.78 is 33.4. The van der Waals surface area contributed by atoms with E-state index < -0.39 is 6.61 Å². The summed E-state index contributed by atoms with van der Waals surface area (Å²) in [7, 11) is 1.60. The highest BCUT2D eigenvalue weighted by Gasteiger charge is 2.18. The number of halogens is 2. The van der Waals surface area contributed by atoms with Crippen LogP contribution in [0.3, 0.4) is 0 Å². The summed E-state index contributed by atoms with van der Waals surface area (Å²) >= 11 is 0. The molecule has 0 saturated carbocycles. The zero-order valence-electron chi connectivity index (χ0n) is 11.3. The first-order valence-corrected chi connectivity index (χ1v) is 5.97. The van der Waals surface area contributed by atoms with E-state index in [0.29, 0.717) is 18.4 Å². The number of Topliss-reactive ketones (excluding diaryl/α,β-unsaturated/α-hetero) is 1. The van der Waals surface area contributed by atoms with Gasteiger partial charge >= 0.3 is 6.61 Å². The predicted molar refractivity (Wildman–Crippen MR) is 67.7 cm³/mol. The van der Waals surface area contributed by atoms with Crippen molar-refractivity contribution < 1.29 is 23.0 Å². The van der Waals surface area contributed by atoms with Crippen molar-refractivity contribution in [1.29, 1.82) is 0 Å². The summed E-state index contributed by atoms with van der Waals surface area (Å²) in [6.07, 6.45) is 0.938. The van der Waals surface area contributed by atoms with Crippen LogP contribution < -0.4 is 4.74 Å². The van der Waals surface area contributed by atoms with Gasteiger partial charge in [-0.1, -0.05) is 0 Å². The smallest absolute Gasteiger partial charge is 0.387 e. The summed E-state index contributed by atoms with van der Waals surface area (Å²) in [5.41, 5.74) is 0.127. The Labute approximate surface area is 111 Å². The number of hydrogen-bond acceptors (Lipinski definition) is 3. The number of methoxy groups -OCH3 is 1. The standard InChI is InChI=1S/C14H18F2O3/c1-14(2,18-3)9-8-12(17)10-4-6-11(7-5-10)19-13(15)16/h4-7,13H,8-9H2,1-3H3. The second kappa shape index (κ2) is 6.61. The van der Waals surface area contributed by atoms with E-state index in [1.54, 1.807) is 7.11 Å². The number of ketones is 1. The Hall–Kier alpha value is -1.49. The molecule has 0 N–H and O–H groups in total. The molecule has 106 valence electrons. The van der Waals surface area contributed by atoms with Gasteiger partial charge in [-0.2, -0.15) is 8.78 Å². The van der Waals surface area contributed by atoms with Crippen LogP contribution in [0, 0.1) is 0 Å². The average Bonchev–Trinajstić information content (AvgIpc) is 2.36. The maximum Gasteiger partial charge on any atom is 0.387 e. The van der Waals surface area contributed by atoms with Gasteiger partial charge in [0.15, 0.2) is 5.78 Å². The van der Waals surface area contributed by atoms with Crippen LogP contribution in [0.2, 0.25) is 0 Å². The lowest BCUT2D eigenvalue weighted by Crippen LogP contribution is -2.23. The molecule has 0 amide bonds. The maximum absolute atomic E-state index is 12.0. The van der Waals surface area contributed by atoms with Crippen molar-refractivity contribution >= 4 is 5.78 Å². The zero-order valence-corrected chi connectivity index (χ0v) is 11.3. The Morgan fingerprint density at radius 1 is 1.26 bits per heavy atom. The lowest BCUT2D eigenvalue weighted by Gasteiger charge is -2.22. The van der Waals surface area contributed by atoms with E-state index in [1.807, 2.05) is 13.8 Å². The Balaban J connectivity index is 2.58. The Bertz CT molecular complexity index is 413. The monoisotopic (exact) mass is 272 g/mol. The molecular weight excluding hydrogens is 254 g/mol. The predicted octanol–water partition coefficient (Wildman–Crippen LogP) is 3.68. The van der Waals surface area contributed by atoms with Crippen LogP contribution in [0.4, 0.5) is 8.78 Å². The van der Waals surface area contributed by atoms with Crippen molar-refractivity contribution in [1.82, 2.24) is 0 Å². The molecule has 19 heavy (non-hydrogen) atoms. The summed E-state index contributed by atoms with van der Waals surface area (Å²) in [5.74, 6) is -0.00232. The van der Waals surface area contributed by atoms with Gasteiger partial charge in [0.05, 0.1) is 5.60 Å². The topological polar surface area (TPSA) is 35.5 Å². The fourth-order valence-electron chi connectivity index (χ4n) is 1.48. The van der Waals surface area contributed by atoms with Crippen LogP contribution in [0.15, 0.2) is 24.3 Å². The summed E-state index contributed by atoms with van der Waals surface area (Å²) in [6, 6.07) is 5.70. The van der Waals surface area contributed by atoms with Crippen LogP contribution in [0.25, 0.3) is 0 Å². The minimum Gasteiger partial charge on any atom is -0.435 e. The molecular formula is C14H18F2O3. The second-order valence-electron chi connectivity index (χ2n) is 4.79.